The number of hydrogen-bond acceptors (Lipinski definition) is 4. The molecule has 0 saturated carbocycles. The summed E-state index contributed by atoms with van der Waals surface area (Å²) in [7, 11) is 0. The topological polar surface area (TPSA) is 59.6 Å². The standard InChI is InChI=1S/C20H26N2O3/c1-5-24-16-9-10-19(25-6-2)18(12-16)22-20(23)13-21-17-11-14(3)7-8-15(17)4/h7-12,21H,5-6,13H2,1-4H3,(H,22,23). The van der Waals surface area contributed by atoms with Crippen LogP contribution in [0.4, 0.5) is 11.4 Å². The van der Waals surface area contributed by atoms with Gasteiger partial charge in [-0.2, -0.15) is 0 Å². The molecule has 2 rings (SSSR count). The predicted octanol–water partition coefficient (Wildman–Crippen LogP) is 4.15. The van der Waals surface area contributed by atoms with E-state index in [9.17, 15) is 4.79 Å². The normalized spacial score (nSPS) is 10.2. The lowest BCUT2D eigenvalue weighted by Crippen LogP contribution is -2.22. The second-order valence-electron chi connectivity index (χ2n) is 5.74. The lowest BCUT2D eigenvalue weighted by atomic mass is 10.1. The molecule has 134 valence electrons. The highest BCUT2D eigenvalue weighted by molar-refractivity contribution is 5.95. The lowest BCUT2D eigenvalue weighted by molar-refractivity contribution is -0.114. The fourth-order valence-corrected chi connectivity index (χ4v) is 2.44. The van der Waals surface area contributed by atoms with E-state index in [1.165, 1.54) is 0 Å². The number of carbonyl (C=O) groups is 1. The summed E-state index contributed by atoms with van der Waals surface area (Å²) in [4.78, 5) is 12.3. The van der Waals surface area contributed by atoms with Crippen molar-refractivity contribution in [3.63, 3.8) is 0 Å². The average Bonchev–Trinajstić information content (AvgIpc) is 2.58. The van der Waals surface area contributed by atoms with Crippen LogP contribution in [0.15, 0.2) is 36.4 Å². The first-order valence-corrected chi connectivity index (χ1v) is 8.54. The van der Waals surface area contributed by atoms with Gasteiger partial charge in [0.15, 0.2) is 0 Å². The second kappa shape index (κ2) is 8.97. The minimum Gasteiger partial charge on any atom is -0.494 e. The van der Waals surface area contributed by atoms with Crippen LogP contribution in [-0.2, 0) is 4.79 Å². The molecule has 2 N–H and O–H groups in total. The fraction of sp³-hybridized carbons (Fsp3) is 0.350. The molecule has 25 heavy (non-hydrogen) atoms. The number of nitrogens with one attached hydrogen (secondary N) is 2. The summed E-state index contributed by atoms with van der Waals surface area (Å²) in [6.07, 6.45) is 0. The molecule has 0 atom stereocenters. The first kappa shape index (κ1) is 18.6. The Morgan fingerprint density at radius 3 is 2.44 bits per heavy atom. The fourth-order valence-electron chi connectivity index (χ4n) is 2.44. The molecule has 0 fully saturated rings. The van der Waals surface area contributed by atoms with Gasteiger partial charge in [0.25, 0.3) is 0 Å². The summed E-state index contributed by atoms with van der Waals surface area (Å²) >= 11 is 0. The largest absolute Gasteiger partial charge is 0.494 e. The molecule has 5 heteroatoms. The zero-order valence-corrected chi connectivity index (χ0v) is 15.3. The minimum absolute atomic E-state index is 0.143. The Kier molecular flexibility index (Phi) is 6.69. The van der Waals surface area contributed by atoms with E-state index >= 15 is 0 Å². The molecular formula is C20H26N2O3. The maximum Gasteiger partial charge on any atom is 0.243 e. The van der Waals surface area contributed by atoms with Gasteiger partial charge in [-0.05, 0) is 57.0 Å². The monoisotopic (exact) mass is 342 g/mol. The minimum atomic E-state index is -0.143. The van der Waals surface area contributed by atoms with Crippen molar-refractivity contribution in [1.82, 2.24) is 0 Å². The van der Waals surface area contributed by atoms with Crippen LogP contribution in [0.25, 0.3) is 0 Å². The Bertz CT molecular complexity index is 729. The van der Waals surface area contributed by atoms with Crippen molar-refractivity contribution in [2.24, 2.45) is 0 Å². The van der Waals surface area contributed by atoms with Crippen molar-refractivity contribution < 1.29 is 14.3 Å². The lowest BCUT2D eigenvalue weighted by Gasteiger charge is -2.14. The number of ether oxygens (including phenoxy) is 2. The van der Waals surface area contributed by atoms with Crippen LogP contribution in [-0.4, -0.2) is 25.7 Å². The Morgan fingerprint density at radius 2 is 1.72 bits per heavy atom. The number of anilines is 2. The van der Waals surface area contributed by atoms with E-state index < -0.39 is 0 Å². The summed E-state index contributed by atoms with van der Waals surface area (Å²) in [6.45, 7) is 9.13. The number of carbonyl (C=O) groups excluding carboxylic acids is 1. The van der Waals surface area contributed by atoms with Crippen LogP contribution < -0.4 is 20.1 Å². The van der Waals surface area contributed by atoms with Crippen molar-refractivity contribution in [3.05, 3.63) is 47.5 Å². The molecule has 0 bridgehead atoms. The van der Waals surface area contributed by atoms with E-state index in [4.69, 9.17) is 9.47 Å². The SMILES string of the molecule is CCOc1ccc(OCC)c(NC(=O)CNc2cc(C)ccc2C)c1. The smallest absolute Gasteiger partial charge is 0.243 e. The van der Waals surface area contributed by atoms with E-state index in [-0.39, 0.29) is 12.5 Å². The molecule has 0 aromatic heterocycles. The summed E-state index contributed by atoms with van der Waals surface area (Å²) < 4.78 is 11.1. The van der Waals surface area contributed by atoms with Crippen molar-refractivity contribution in [1.29, 1.82) is 0 Å². The van der Waals surface area contributed by atoms with Crippen LogP contribution in [0.2, 0.25) is 0 Å². The molecule has 5 nitrogen and oxygen atoms in total. The molecule has 2 aromatic rings. The molecule has 0 aliphatic heterocycles. The first-order valence-electron chi connectivity index (χ1n) is 8.54. The van der Waals surface area contributed by atoms with Crippen molar-refractivity contribution in [3.8, 4) is 11.5 Å². The van der Waals surface area contributed by atoms with Crippen LogP contribution in [0.1, 0.15) is 25.0 Å². The van der Waals surface area contributed by atoms with E-state index in [1.807, 2.05) is 58.0 Å². The van der Waals surface area contributed by atoms with Gasteiger partial charge in [0.1, 0.15) is 11.5 Å². The van der Waals surface area contributed by atoms with Gasteiger partial charge < -0.3 is 20.1 Å². The predicted molar refractivity (Wildman–Crippen MR) is 102 cm³/mol. The van der Waals surface area contributed by atoms with E-state index in [1.54, 1.807) is 6.07 Å². The summed E-state index contributed by atoms with van der Waals surface area (Å²) in [6, 6.07) is 11.5. The molecule has 0 heterocycles. The average molecular weight is 342 g/mol. The third kappa shape index (κ3) is 5.41. The molecule has 0 radical (unpaired) electrons. The summed E-state index contributed by atoms with van der Waals surface area (Å²) in [5.41, 5.74) is 3.83. The highest BCUT2D eigenvalue weighted by atomic mass is 16.5. The summed E-state index contributed by atoms with van der Waals surface area (Å²) in [5, 5.41) is 6.07. The first-order chi connectivity index (χ1) is 12.0. The molecular weight excluding hydrogens is 316 g/mol. The molecule has 0 spiro atoms. The van der Waals surface area contributed by atoms with Crippen molar-refractivity contribution >= 4 is 17.3 Å². The molecule has 0 aliphatic carbocycles. The molecule has 0 saturated heterocycles. The van der Waals surface area contributed by atoms with Gasteiger partial charge >= 0.3 is 0 Å². The third-order valence-electron chi connectivity index (χ3n) is 3.67. The van der Waals surface area contributed by atoms with Gasteiger partial charge in [-0.3, -0.25) is 4.79 Å². The Balaban J connectivity index is 2.05. The van der Waals surface area contributed by atoms with Crippen LogP contribution in [0.5, 0.6) is 11.5 Å². The Morgan fingerprint density at radius 1 is 0.960 bits per heavy atom. The van der Waals surface area contributed by atoms with Gasteiger partial charge in [-0.15, -0.1) is 0 Å². The Hall–Kier alpha value is -2.69. The number of benzene rings is 2. The molecule has 1 amide bonds. The molecule has 0 unspecified atom stereocenters. The van der Waals surface area contributed by atoms with Gasteiger partial charge in [0.05, 0.1) is 25.4 Å². The van der Waals surface area contributed by atoms with Crippen molar-refractivity contribution in [2.45, 2.75) is 27.7 Å². The van der Waals surface area contributed by atoms with Crippen LogP contribution in [0, 0.1) is 13.8 Å². The van der Waals surface area contributed by atoms with Gasteiger partial charge in [-0.25, -0.2) is 0 Å². The van der Waals surface area contributed by atoms with Gasteiger partial charge in [-0.1, -0.05) is 12.1 Å². The van der Waals surface area contributed by atoms with Gasteiger partial charge in [0, 0.05) is 11.8 Å². The van der Waals surface area contributed by atoms with Crippen LogP contribution in [0.3, 0.4) is 0 Å². The number of hydrogen-bond donors (Lipinski definition) is 2. The van der Waals surface area contributed by atoms with E-state index in [0.717, 1.165) is 16.8 Å². The maximum absolute atomic E-state index is 12.3. The second-order valence-corrected chi connectivity index (χ2v) is 5.74. The maximum atomic E-state index is 12.3. The van der Waals surface area contributed by atoms with Crippen LogP contribution >= 0.6 is 0 Å². The number of rotatable bonds is 8. The highest BCUT2D eigenvalue weighted by Gasteiger charge is 2.10. The molecule has 2 aromatic carbocycles. The van der Waals surface area contributed by atoms with Crippen molar-refractivity contribution in [2.75, 3.05) is 30.4 Å². The Labute approximate surface area is 149 Å². The van der Waals surface area contributed by atoms with E-state index in [0.29, 0.717) is 30.4 Å². The number of amides is 1. The third-order valence-corrected chi connectivity index (χ3v) is 3.67. The molecule has 0 aliphatic rings. The van der Waals surface area contributed by atoms with Gasteiger partial charge in [0.2, 0.25) is 5.91 Å². The zero-order chi connectivity index (χ0) is 18.2. The zero-order valence-electron chi connectivity index (χ0n) is 15.3. The quantitative estimate of drug-likeness (QED) is 0.756. The van der Waals surface area contributed by atoms with E-state index in [2.05, 4.69) is 10.6 Å². The number of aryl methyl sites for hydroxylation is 2. The highest BCUT2D eigenvalue weighted by Crippen LogP contribution is 2.29. The summed E-state index contributed by atoms with van der Waals surface area (Å²) in [5.74, 6) is 1.19.